The topological polar surface area (TPSA) is 236 Å². The van der Waals surface area contributed by atoms with Gasteiger partial charge in [-0.2, -0.15) is 5.10 Å². The summed E-state index contributed by atoms with van der Waals surface area (Å²) >= 11 is 0. The first-order chi connectivity index (χ1) is 19.9. The van der Waals surface area contributed by atoms with Crippen LogP contribution in [0.25, 0.3) is 0 Å². The normalized spacial score (nSPS) is 10.4. The number of hydrazone groups is 1. The summed E-state index contributed by atoms with van der Waals surface area (Å²) in [6.45, 7) is 13.0. The zero-order valence-electron chi connectivity index (χ0n) is 25.4. The second-order valence-electron chi connectivity index (χ2n) is 7.80. The van der Waals surface area contributed by atoms with Crippen molar-refractivity contribution in [2.24, 2.45) is 5.10 Å². The number of unbranched alkanes of at least 4 members (excludes halogenated alkanes) is 1. The second kappa shape index (κ2) is 31.4. The molecule has 44 heavy (non-hydrogen) atoms. The van der Waals surface area contributed by atoms with Crippen molar-refractivity contribution >= 4 is 47.7 Å². The molecule has 0 aliphatic carbocycles. The quantitative estimate of drug-likeness (QED) is 0.0621. The van der Waals surface area contributed by atoms with Crippen LogP contribution in [-0.2, 0) is 19.2 Å². The number of aliphatic carboxylic acids is 3. The molecule has 0 unspecified atom stereocenters. The van der Waals surface area contributed by atoms with E-state index in [4.69, 9.17) is 15.3 Å². The maximum absolute atomic E-state index is 11.7. The number of carboxylic acid groups (broad SMARTS) is 3. The second-order valence-corrected chi connectivity index (χ2v) is 7.80. The van der Waals surface area contributed by atoms with E-state index in [-0.39, 0.29) is 39.4 Å². The third-order valence-electron chi connectivity index (χ3n) is 4.63. The van der Waals surface area contributed by atoms with Gasteiger partial charge in [-0.1, -0.05) is 42.5 Å². The molecule has 15 heteroatoms. The van der Waals surface area contributed by atoms with E-state index in [9.17, 15) is 28.8 Å². The molecule has 0 fully saturated rings. The molecule has 0 aliphatic heterocycles. The highest BCUT2D eigenvalue weighted by atomic mass is 16.4. The molecule has 0 bridgehead atoms. The number of hydrogen-bond donors (Lipinski definition) is 7. The van der Waals surface area contributed by atoms with E-state index in [1.54, 1.807) is 25.3 Å². The van der Waals surface area contributed by atoms with Crippen molar-refractivity contribution in [3.05, 3.63) is 23.9 Å². The van der Waals surface area contributed by atoms with Gasteiger partial charge in [0.25, 0.3) is 0 Å². The molecule has 0 radical (unpaired) electrons. The minimum absolute atomic E-state index is 0. The van der Waals surface area contributed by atoms with E-state index in [0.29, 0.717) is 30.8 Å². The van der Waals surface area contributed by atoms with Gasteiger partial charge in [0, 0.05) is 37.9 Å². The lowest BCUT2D eigenvalue weighted by molar-refractivity contribution is -0.140. The number of rotatable bonds is 15. The van der Waals surface area contributed by atoms with Gasteiger partial charge in [-0.25, -0.2) is 19.4 Å². The van der Waals surface area contributed by atoms with Crippen molar-refractivity contribution < 1.29 is 44.1 Å². The Balaban J connectivity index is -0.000000225. The van der Waals surface area contributed by atoms with E-state index >= 15 is 0 Å². The van der Waals surface area contributed by atoms with Gasteiger partial charge in [0.05, 0.1) is 0 Å². The number of pyridine rings is 1. The average molecular weight is 631 g/mol. The number of nitrogens with zero attached hydrogens (tertiary/aromatic N) is 2. The number of carbonyl (C=O) groups excluding carboxylic acids is 3. The number of aromatic nitrogens is 1. The standard InChI is InChI=1S/C14H23N3O8.C9H11N3O.2C2H6.2CH4/c1-8(18)15-7-3-2-4-9(12(21)22)16-14(25)17-10(13(23)24)5-6-11(19)20;1-3-11-12-9-5-4-8(6-10-9)7(2)13;2*1-2;;/h9-10H,2-7H2,1H3,(H,15,18)(H,19,20)(H,21,22)(H,23,24)(H2,16,17,25);3-6H,1-2H3,(H,10,12);2*1-2H3;2*1H4/b;11-3+;;;;/t9-,10-;;;;;/m0...../s1. The van der Waals surface area contributed by atoms with E-state index in [1.807, 2.05) is 33.0 Å². The SMILES string of the molecule is C.C.C/C=N/Nc1ccc(C(C)=O)cn1.CC.CC.CC(=O)NCCCC[C@H](NC(=O)N[C@@H](CCC(=O)O)C(=O)O)C(=O)O. The maximum Gasteiger partial charge on any atom is 0.326 e. The number of carbonyl (C=O) groups is 6. The van der Waals surface area contributed by atoms with Crippen LogP contribution >= 0.6 is 0 Å². The van der Waals surface area contributed by atoms with Gasteiger partial charge in [0.2, 0.25) is 5.91 Å². The largest absolute Gasteiger partial charge is 0.481 e. The van der Waals surface area contributed by atoms with Crippen molar-refractivity contribution in [2.75, 3.05) is 12.0 Å². The summed E-state index contributed by atoms with van der Waals surface area (Å²) < 4.78 is 0. The van der Waals surface area contributed by atoms with E-state index in [0.717, 1.165) is 0 Å². The number of carboxylic acids is 3. The van der Waals surface area contributed by atoms with Crippen molar-refractivity contribution in [3.8, 4) is 0 Å². The molecule has 0 saturated heterocycles. The smallest absolute Gasteiger partial charge is 0.326 e. The molecule has 1 heterocycles. The number of Topliss-reactive ketones (excluding diaryl/α,β-unsaturated/α-hetero) is 1. The highest BCUT2D eigenvalue weighted by Gasteiger charge is 2.24. The van der Waals surface area contributed by atoms with Gasteiger partial charge in [-0.15, -0.1) is 0 Å². The zero-order valence-corrected chi connectivity index (χ0v) is 25.4. The minimum atomic E-state index is -1.44. The van der Waals surface area contributed by atoms with Gasteiger partial charge in [0.1, 0.15) is 17.9 Å². The Morgan fingerprint density at radius 2 is 1.39 bits per heavy atom. The minimum Gasteiger partial charge on any atom is -0.481 e. The molecule has 1 aromatic heterocycles. The third kappa shape index (κ3) is 27.6. The molecule has 7 N–H and O–H groups in total. The van der Waals surface area contributed by atoms with Gasteiger partial charge in [0.15, 0.2) is 5.78 Å². The molecule has 0 saturated carbocycles. The molecule has 0 spiro atoms. The summed E-state index contributed by atoms with van der Waals surface area (Å²) in [5.41, 5.74) is 3.31. The fourth-order valence-electron chi connectivity index (χ4n) is 2.68. The predicted molar refractivity (Wildman–Crippen MR) is 172 cm³/mol. The third-order valence-corrected chi connectivity index (χ3v) is 4.63. The molecular formula is C29H54N6O9. The lowest BCUT2D eigenvalue weighted by Crippen LogP contribution is -2.51. The number of amides is 3. The van der Waals surface area contributed by atoms with Crippen molar-refractivity contribution in [2.45, 2.75) is 108 Å². The average Bonchev–Trinajstić information content (AvgIpc) is 2.95. The fourth-order valence-corrected chi connectivity index (χ4v) is 2.68. The Kier molecular flexibility index (Phi) is 35.0. The lowest BCUT2D eigenvalue weighted by atomic mass is 10.1. The Labute approximate surface area is 261 Å². The van der Waals surface area contributed by atoms with Crippen molar-refractivity contribution in [1.82, 2.24) is 20.9 Å². The molecule has 3 amide bonds. The summed E-state index contributed by atoms with van der Waals surface area (Å²) in [6, 6.07) is -0.254. The molecular weight excluding hydrogens is 576 g/mol. The molecule has 1 rings (SSSR count). The Bertz CT molecular complexity index is 986. The Morgan fingerprint density at radius 3 is 1.77 bits per heavy atom. The highest BCUT2D eigenvalue weighted by molar-refractivity contribution is 5.93. The van der Waals surface area contributed by atoms with Crippen LogP contribution in [0.1, 0.15) is 106 Å². The number of hydrogen-bond acceptors (Lipinski definition) is 9. The van der Waals surface area contributed by atoms with Crippen LogP contribution in [0, 0.1) is 0 Å². The van der Waals surface area contributed by atoms with Crippen LogP contribution in [0.5, 0.6) is 0 Å². The maximum atomic E-state index is 11.7. The number of nitrogens with one attached hydrogen (secondary N) is 4. The lowest BCUT2D eigenvalue weighted by Gasteiger charge is -2.18. The van der Waals surface area contributed by atoms with Crippen molar-refractivity contribution in [3.63, 3.8) is 0 Å². The first-order valence-electron chi connectivity index (χ1n) is 13.6. The van der Waals surface area contributed by atoms with Crippen LogP contribution in [0.3, 0.4) is 0 Å². The summed E-state index contributed by atoms with van der Waals surface area (Å²) in [7, 11) is 0. The molecule has 0 aromatic carbocycles. The van der Waals surface area contributed by atoms with E-state index < -0.39 is 42.4 Å². The van der Waals surface area contributed by atoms with Gasteiger partial charge < -0.3 is 31.3 Å². The van der Waals surface area contributed by atoms with E-state index in [2.05, 4.69) is 26.1 Å². The monoisotopic (exact) mass is 630 g/mol. The number of urea groups is 1. The van der Waals surface area contributed by atoms with Crippen LogP contribution in [-0.4, -0.2) is 80.8 Å². The number of ketones is 1. The summed E-state index contributed by atoms with van der Waals surface area (Å²) in [5.74, 6) is -3.48. The molecule has 1 aromatic rings. The molecule has 2 atom stereocenters. The van der Waals surface area contributed by atoms with Crippen LogP contribution in [0.2, 0.25) is 0 Å². The highest BCUT2D eigenvalue weighted by Crippen LogP contribution is 2.05. The van der Waals surface area contributed by atoms with E-state index in [1.165, 1.54) is 20.0 Å². The fraction of sp³-hybridized carbons (Fsp3) is 0.586. The first kappa shape index (κ1) is 49.1. The van der Waals surface area contributed by atoms with Gasteiger partial charge in [-0.05, 0) is 51.7 Å². The zero-order chi connectivity index (χ0) is 33.1. The molecule has 15 nitrogen and oxygen atoms in total. The molecule has 0 aliphatic rings. The molecule has 254 valence electrons. The van der Waals surface area contributed by atoms with Crippen LogP contribution < -0.4 is 21.4 Å². The number of anilines is 1. The predicted octanol–water partition coefficient (Wildman–Crippen LogP) is 4.39. The van der Waals surface area contributed by atoms with Crippen LogP contribution in [0.15, 0.2) is 23.4 Å². The van der Waals surface area contributed by atoms with Crippen LogP contribution in [0.4, 0.5) is 10.6 Å². The Morgan fingerprint density at radius 1 is 0.864 bits per heavy atom. The summed E-state index contributed by atoms with van der Waals surface area (Å²) in [4.78, 5) is 69.9. The van der Waals surface area contributed by atoms with Gasteiger partial charge >= 0.3 is 23.9 Å². The van der Waals surface area contributed by atoms with Gasteiger partial charge in [-0.3, -0.25) is 19.8 Å². The van der Waals surface area contributed by atoms with Crippen molar-refractivity contribution in [1.29, 1.82) is 0 Å². The first-order valence-corrected chi connectivity index (χ1v) is 13.6. The summed E-state index contributed by atoms with van der Waals surface area (Å²) in [6.07, 6.45) is 3.39. The Hall–Kier alpha value is -4.56. The summed E-state index contributed by atoms with van der Waals surface area (Å²) in [5, 5.41) is 37.1.